The van der Waals surface area contributed by atoms with Gasteiger partial charge in [-0.05, 0) is 53.3 Å². The van der Waals surface area contributed by atoms with Crippen LogP contribution in [0.4, 0.5) is 9.18 Å². The zero-order chi connectivity index (χ0) is 26.2. The largest absolute Gasteiger partial charge is 0.448 e. The predicted octanol–water partition coefficient (Wildman–Crippen LogP) is 5.50. The number of fused-ring (bicyclic) bond motifs is 5. The highest BCUT2D eigenvalue weighted by Gasteiger charge is 2.45. The van der Waals surface area contributed by atoms with Gasteiger partial charge in [0.1, 0.15) is 12.4 Å². The monoisotopic (exact) mass is 510 g/mol. The Labute approximate surface area is 220 Å². The fraction of sp³-hybridized carbons (Fsp3) is 0.323. The average Bonchev–Trinajstić information content (AvgIpc) is 3.25. The van der Waals surface area contributed by atoms with Crippen LogP contribution in [0.2, 0.25) is 0 Å². The fourth-order valence-electron chi connectivity index (χ4n) is 6.28. The second kappa shape index (κ2) is 10.0. The first-order chi connectivity index (χ1) is 18.5. The third kappa shape index (κ3) is 4.25. The number of halogens is 1. The molecule has 2 bridgehead atoms. The molecule has 1 aliphatic carbocycles. The number of amides is 1. The lowest BCUT2D eigenvalue weighted by molar-refractivity contribution is -0.0747. The molecule has 2 saturated heterocycles. The van der Waals surface area contributed by atoms with Crippen LogP contribution in [0, 0.1) is 23.1 Å². The van der Waals surface area contributed by atoms with E-state index in [-0.39, 0.29) is 54.4 Å². The first-order valence-electron chi connectivity index (χ1n) is 13.0. The number of nitrogens with zero attached hydrogens (tertiary/aromatic N) is 2. The summed E-state index contributed by atoms with van der Waals surface area (Å²) in [5.74, 6) is -0.915. The summed E-state index contributed by atoms with van der Waals surface area (Å²) in [6.07, 6.45) is 0.426. The zero-order valence-corrected chi connectivity index (χ0v) is 20.8. The summed E-state index contributed by atoms with van der Waals surface area (Å²) in [7, 11) is 0. The van der Waals surface area contributed by atoms with Gasteiger partial charge in [0.25, 0.3) is 0 Å². The Morgan fingerprint density at radius 3 is 2.24 bits per heavy atom. The maximum Gasteiger partial charge on any atom is 0.410 e. The van der Waals surface area contributed by atoms with Gasteiger partial charge in [0, 0.05) is 23.0 Å². The summed E-state index contributed by atoms with van der Waals surface area (Å²) in [6, 6.07) is 22.0. The number of ketones is 1. The molecule has 2 heterocycles. The summed E-state index contributed by atoms with van der Waals surface area (Å²) < 4.78 is 25.7. The quantitative estimate of drug-likeness (QED) is 0.424. The van der Waals surface area contributed by atoms with Crippen molar-refractivity contribution < 1.29 is 23.5 Å². The van der Waals surface area contributed by atoms with Crippen LogP contribution in [0.1, 0.15) is 45.8 Å². The van der Waals surface area contributed by atoms with Crippen LogP contribution in [-0.2, 0) is 15.9 Å². The van der Waals surface area contributed by atoms with Gasteiger partial charge in [-0.25, -0.2) is 9.18 Å². The van der Waals surface area contributed by atoms with Gasteiger partial charge in [0.2, 0.25) is 0 Å². The number of piperidine rings is 1. The SMILES string of the molecule is N#CCc1cc(C(=O)C2CC3COCC(C2)N3C(=O)OCC2c3ccccc3-c3ccccc32)ccc1F. The van der Waals surface area contributed by atoms with Crippen LogP contribution in [0.25, 0.3) is 11.1 Å². The maximum atomic E-state index is 14.0. The fourth-order valence-corrected chi connectivity index (χ4v) is 6.28. The predicted molar refractivity (Wildman–Crippen MR) is 138 cm³/mol. The minimum absolute atomic E-state index is 0.0253. The van der Waals surface area contributed by atoms with E-state index < -0.39 is 5.82 Å². The second-order valence-corrected chi connectivity index (χ2v) is 10.2. The molecule has 6 rings (SSSR count). The molecule has 0 N–H and O–H groups in total. The van der Waals surface area contributed by atoms with Crippen molar-refractivity contribution in [1.29, 1.82) is 5.26 Å². The Hall–Kier alpha value is -4.02. The lowest BCUT2D eigenvalue weighted by Gasteiger charge is -2.47. The number of benzene rings is 3. The van der Waals surface area contributed by atoms with Crippen molar-refractivity contribution in [3.8, 4) is 17.2 Å². The second-order valence-electron chi connectivity index (χ2n) is 10.2. The van der Waals surface area contributed by atoms with Crippen molar-refractivity contribution in [2.75, 3.05) is 19.8 Å². The molecule has 0 spiro atoms. The van der Waals surface area contributed by atoms with E-state index in [0.717, 1.165) is 11.1 Å². The third-order valence-corrected chi connectivity index (χ3v) is 8.04. The molecule has 2 aliphatic heterocycles. The molecule has 3 aliphatic rings. The van der Waals surface area contributed by atoms with Crippen molar-refractivity contribution in [3.05, 3.63) is 94.8 Å². The van der Waals surface area contributed by atoms with Crippen molar-refractivity contribution in [2.24, 2.45) is 5.92 Å². The summed E-state index contributed by atoms with van der Waals surface area (Å²) in [5.41, 5.74) is 5.28. The summed E-state index contributed by atoms with van der Waals surface area (Å²) in [5, 5.41) is 8.96. The molecule has 6 nitrogen and oxygen atoms in total. The van der Waals surface area contributed by atoms with Crippen molar-refractivity contribution in [3.63, 3.8) is 0 Å². The number of hydrogen-bond acceptors (Lipinski definition) is 5. The highest BCUT2D eigenvalue weighted by atomic mass is 19.1. The lowest BCUT2D eigenvalue weighted by Crippen LogP contribution is -2.60. The van der Waals surface area contributed by atoms with Crippen LogP contribution < -0.4 is 0 Å². The van der Waals surface area contributed by atoms with E-state index in [1.54, 1.807) is 4.90 Å². The molecular formula is C31H27FN2O4. The first-order valence-corrected chi connectivity index (χ1v) is 13.0. The van der Waals surface area contributed by atoms with Crippen molar-refractivity contribution >= 4 is 11.9 Å². The smallest absolute Gasteiger partial charge is 0.410 e. The third-order valence-electron chi connectivity index (χ3n) is 8.04. The highest BCUT2D eigenvalue weighted by molar-refractivity contribution is 5.98. The number of carbonyl (C=O) groups excluding carboxylic acids is 2. The van der Waals surface area contributed by atoms with E-state index in [0.29, 0.717) is 31.6 Å². The summed E-state index contributed by atoms with van der Waals surface area (Å²) in [4.78, 5) is 28.5. The van der Waals surface area contributed by atoms with Crippen LogP contribution in [0.15, 0.2) is 66.7 Å². The number of nitriles is 1. The van der Waals surface area contributed by atoms with Gasteiger partial charge in [-0.2, -0.15) is 5.26 Å². The number of Topliss-reactive ketones (excluding diaryl/α,β-unsaturated/α-hetero) is 1. The van der Waals surface area contributed by atoms with E-state index in [4.69, 9.17) is 14.7 Å². The minimum Gasteiger partial charge on any atom is -0.448 e. The molecule has 38 heavy (non-hydrogen) atoms. The summed E-state index contributed by atoms with van der Waals surface area (Å²) in [6.45, 7) is 0.921. The summed E-state index contributed by atoms with van der Waals surface area (Å²) >= 11 is 0. The van der Waals surface area contributed by atoms with E-state index in [1.807, 2.05) is 30.3 Å². The van der Waals surface area contributed by atoms with E-state index in [9.17, 15) is 14.0 Å². The van der Waals surface area contributed by atoms with Crippen LogP contribution in [0.3, 0.4) is 0 Å². The molecule has 192 valence electrons. The standard InChI is InChI=1S/C31H27FN2O4/c32-29-10-9-20(13-19(29)11-12-33)30(35)21-14-22-16-37-17-23(15-21)34(22)31(36)38-18-28-26-7-3-1-5-24(26)25-6-2-4-8-27(25)28/h1-10,13,21-23,28H,11,14-18H2. The van der Waals surface area contributed by atoms with Crippen LogP contribution in [-0.4, -0.2) is 48.7 Å². The zero-order valence-electron chi connectivity index (χ0n) is 20.8. The van der Waals surface area contributed by atoms with Gasteiger partial charge in [-0.15, -0.1) is 0 Å². The Balaban J connectivity index is 1.16. The van der Waals surface area contributed by atoms with Gasteiger partial charge in [-0.3, -0.25) is 9.69 Å². The number of hydrogen-bond donors (Lipinski definition) is 0. The lowest BCUT2D eigenvalue weighted by atomic mass is 9.80. The molecule has 7 heteroatoms. The van der Waals surface area contributed by atoms with Crippen molar-refractivity contribution in [2.45, 2.75) is 37.3 Å². The Morgan fingerprint density at radius 1 is 0.974 bits per heavy atom. The molecule has 0 saturated carbocycles. The van der Waals surface area contributed by atoms with Gasteiger partial charge in [0.05, 0.1) is 37.8 Å². The number of morpholine rings is 1. The normalized spacial score (nSPS) is 21.8. The minimum atomic E-state index is -0.488. The molecule has 2 unspecified atom stereocenters. The number of ether oxygens (including phenoxy) is 2. The molecule has 1 amide bonds. The van der Waals surface area contributed by atoms with Gasteiger partial charge in [-0.1, -0.05) is 48.5 Å². The van der Waals surface area contributed by atoms with Gasteiger partial charge >= 0.3 is 6.09 Å². The Kier molecular flexibility index (Phi) is 6.42. The molecule has 0 radical (unpaired) electrons. The van der Waals surface area contributed by atoms with Crippen LogP contribution >= 0.6 is 0 Å². The maximum absolute atomic E-state index is 14.0. The molecule has 3 aromatic carbocycles. The number of carbonyl (C=O) groups is 2. The molecule has 2 atom stereocenters. The van der Waals surface area contributed by atoms with E-state index >= 15 is 0 Å². The van der Waals surface area contributed by atoms with E-state index in [1.165, 1.54) is 29.3 Å². The Morgan fingerprint density at radius 2 is 1.61 bits per heavy atom. The highest BCUT2D eigenvalue weighted by Crippen LogP contribution is 2.44. The number of rotatable bonds is 5. The first kappa shape index (κ1) is 24.3. The van der Waals surface area contributed by atoms with Gasteiger partial charge in [0.15, 0.2) is 5.78 Å². The average molecular weight is 511 g/mol. The topological polar surface area (TPSA) is 79.6 Å². The molecule has 2 fully saturated rings. The van der Waals surface area contributed by atoms with Gasteiger partial charge < -0.3 is 9.47 Å². The Bertz CT molecular complexity index is 1390. The molecule has 3 aromatic rings. The van der Waals surface area contributed by atoms with Crippen molar-refractivity contribution in [1.82, 2.24) is 4.90 Å². The molecule has 0 aromatic heterocycles. The van der Waals surface area contributed by atoms with E-state index in [2.05, 4.69) is 24.3 Å². The van der Waals surface area contributed by atoms with Crippen LogP contribution in [0.5, 0.6) is 0 Å². The molecular weight excluding hydrogens is 483 g/mol.